The highest BCUT2D eigenvalue weighted by molar-refractivity contribution is 5.94. The molecule has 0 radical (unpaired) electrons. The Hall–Kier alpha value is -2.43. The van der Waals surface area contributed by atoms with Crippen molar-refractivity contribution in [3.05, 3.63) is 52.5 Å². The van der Waals surface area contributed by atoms with Crippen LogP contribution in [-0.4, -0.2) is 34.9 Å². The standard InChI is InChI=1S/C19H24N4O/c1-13-21-17-10-5-4-9-16(17)18(22-13)20-12-14-7-6-8-15(11-14)19(24)23(2)3/h6-8,11H,4-5,9-10,12H2,1-3H3,(H,20,21,22). The van der Waals surface area contributed by atoms with Crippen LogP contribution < -0.4 is 5.32 Å². The molecule has 2 aromatic rings. The van der Waals surface area contributed by atoms with Crippen molar-refractivity contribution >= 4 is 11.7 Å². The molecule has 0 saturated heterocycles. The molecule has 3 rings (SSSR count). The van der Waals surface area contributed by atoms with Gasteiger partial charge in [0.25, 0.3) is 5.91 Å². The molecule has 1 amide bonds. The highest BCUT2D eigenvalue weighted by Crippen LogP contribution is 2.25. The van der Waals surface area contributed by atoms with Crippen molar-refractivity contribution in [3.63, 3.8) is 0 Å². The largest absolute Gasteiger partial charge is 0.366 e. The monoisotopic (exact) mass is 324 g/mol. The second kappa shape index (κ2) is 6.99. The van der Waals surface area contributed by atoms with Crippen molar-refractivity contribution in [2.45, 2.75) is 39.2 Å². The first-order chi connectivity index (χ1) is 11.5. The van der Waals surface area contributed by atoms with Gasteiger partial charge in [0.1, 0.15) is 11.6 Å². The van der Waals surface area contributed by atoms with Gasteiger partial charge in [0, 0.05) is 37.5 Å². The maximum atomic E-state index is 12.1. The van der Waals surface area contributed by atoms with E-state index < -0.39 is 0 Å². The average molecular weight is 324 g/mol. The summed E-state index contributed by atoms with van der Waals surface area (Å²) in [5, 5.41) is 3.45. The van der Waals surface area contributed by atoms with E-state index in [1.807, 2.05) is 31.2 Å². The summed E-state index contributed by atoms with van der Waals surface area (Å²) in [7, 11) is 3.53. The molecule has 0 unspecified atom stereocenters. The third-order valence-electron chi connectivity index (χ3n) is 4.33. The van der Waals surface area contributed by atoms with E-state index in [0.29, 0.717) is 12.1 Å². The molecule has 1 aromatic carbocycles. The Kier molecular flexibility index (Phi) is 4.79. The van der Waals surface area contributed by atoms with E-state index in [-0.39, 0.29) is 5.91 Å². The number of nitrogens with zero attached hydrogens (tertiary/aromatic N) is 3. The molecule has 1 aromatic heterocycles. The van der Waals surface area contributed by atoms with Crippen molar-refractivity contribution in [1.82, 2.24) is 14.9 Å². The first-order valence-corrected chi connectivity index (χ1v) is 8.45. The van der Waals surface area contributed by atoms with Crippen molar-refractivity contribution in [2.24, 2.45) is 0 Å². The van der Waals surface area contributed by atoms with Gasteiger partial charge in [-0.1, -0.05) is 12.1 Å². The fraction of sp³-hybridized carbons (Fsp3) is 0.421. The highest BCUT2D eigenvalue weighted by Gasteiger charge is 2.16. The van der Waals surface area contributed by atoms with Crippen LogP contribution in [0, 0.1) is 6.92 Å². The molecule has 1 aliphatic carbocycles. The van der Waals surface area contributed by atoms with Crippen LogP contribution in [0.3, 0.4) is 0 Å². The number of nitrogens with one attached hydrogen (secondary N) is 1. The summed E-state index contributed by atoms with van der Waals surface area (Å²) in [6, 6.07) is 7.74. The summed E-state index contributed by atoms with van der Waals surface area (Å²) < 4.78 is 0. The number of fused-ring (bicyclic) bond motifs is 1. The Morgan fingerprint density at radius 3 is 2.79 bits per heavy atom. The SMILES string of the molecule is Cc1nc2c(c(NCc3cccc(C(=O)N(C)C)c3)n1)CCCC2. The summed E-state index contributed by atoms with van der Waals surface area (Å²) in [6.45, 7) is 2.59. The number of hydrogen-bond acceptors (Lipinski definition) is 4. The van der Waals surface area contributed by atoms with Crippen LogP contribution in [0.5, 0.6) is 0 Å². The van der Waals surface area contributed by atoms with Crippen LogP contribution >= 0.6 is 0 Å². The summed E-state index contributed by atoms with van der Waals surface area (Å²) in [5.41, 5.74) is 4.23. The summed E-state index contributed by atoms with van der Waals surface area (Å²) >= 11 is 0. The van der Waals surface area contributed by atoms with Crippen LogP contribution in [0.2, 0.25) is 0 Å². The minimum Gasteiger partial charge on any atom is -0.366 e. The fourth-order valence-electron chi connectivity index (χ4n) is 3.12. The van der Waals surface area contributed by atoms with Crippen molar-refractivity contribution in [2.75, 3.05) is 19.4 Å². The third kappa shape index (κ3) is 3.55. The molecule has 0 saturated carbocycles. The van der Waals surface area contributed by atoms with Gasteiger partial charge in [0.05, 0.1) is 0 Å². The minimum absolute atomic E-state index is 0.0205. The molecule has 5 nitrogen and oxygen atoms in total. The third-order valence-corrected chi connectivity index (χ3v) is 4.33. The summed E-state index contributed by atoms with van der Waals surface area (Å²) in [4.78, 5) is 22.9. The van der Waals surface area contributed by atoms with E-state index in [1.165, 1.54) is 24.1 Å². The van der Waals surface area contributed by atoms with Crippen LogP contribution in [0.25, 0.3) is 0 Å². The number of benzene rings is 1. The van der Waals surface area contributed by atoms with E-state index >= 15 is 0 Å². The second-order valence-electron chi connectivity index (χ2n) is 6.51. The maximum absolute atomic E-state index is 12.1. The lowest BCUT2D eigenvalue weighted by Crippen LogP contribution is -2.21. The molecule has 1 heterocycles. The topological polar surface area (TPSA) is 58.1 Å². The Balaban J connectivity index is 1.78. The fourth-order valence-corrected chi connectivity index (χ4v) is 3.12. The lowest BCUT2D eigenvalue weighted by molar-refractivity contribution is 0.0827. The number of hydrogen-bond donors (Lipinski definition) is 1. The predicted molar refractivity (Wildman–Crippen MR) is 95.2 cm³/mol. The minimum atomic E-state index is 0.0205. The molecule has 5 heteroatoms. The van der Waals surface area contributed by atoms with Gasteiger partial charge < -0.3 is 10.2 Å². The van der Waals surface area contributed by atoms with Gasteiger partial charge in [0.2, 0.25) is 0 Å². The highest BCUT2D eigenvalue weighted by atomic mass is 16.2. The zero-order valence-electron chi connectivity index (χ0n) is 14.6. The van der Waals surface area contributed by atoms with E-state index in [1.54, 1.807) is 19.0 Å². The lowest BCUT2D eigenvalue weighted by Gasteiger charge is -2.19. The van der Waals surface area contributed by atoms with Crippen molar-refractivity contribution in [3.8, 4) is 0 Å². The number of amides is 1. The quantitative estimate of drug-likeness (QED) is 0.939. The Bertz CT molecular complexity index is 755. The van der Waals surface area contributed by atoms with E-state index in [4.69, 9.17) is 0 Å². The second-order valence-corrected chi connectivity index (χ2v) is 6.51. The molecule has 1 N–H and O–H groups in total. The van der Waals surface area contributed by atoms with Gasteiger partial charge in [-0.3, -0.25) is 4.79 Å². The van der Waals surface area contributed by atoms with E-state index in [2.05, 4.69) is 15.3 Å². The molecule has 1 aliphatic rings. The Labute approximate surface area is 143 Å². The maximum Gasteiger partial charge on any atom is 0.253 e. The van der Waals surface area contributed by atoms with Gasteiger partial charge >= 0.3 is 0 Å². The van der Waals surface area contributed by atoms with Crippen LogP contribution in [0.15, 0.2) is 24.3 Å². The van der Waals surface area contributed by atoms with E-state index in [0.717, 1.165) is 30.0 Å². The average Bonchev–Trinajstić information content (AvgIpc) is 2.59. The van der Waals surface area contributed by atoms with Crippen molar-refractivity contribution in [1.29, 1.82) is 0 Å². The molecule has 0 spiro atoms. The van der Waals surface area contributed by atoms with Crippen LogP contribution in [0.4, 0.5) is 5.82 Å². The Morgan fingerprint density at radius 2 is 2.00 bits per heavy atom. The first kappa shape index (κ1) is 16.4. The number of aryl methyl sites for hydroxylation is 2. The van der Waals surface area contributed by atoms with Crippen LogP contribution in [-0.2, 0) is 19.4 Å². The van der Waals surface area contributed by atoms with Gasteiger partial charge in [-0.05, 0) is 50.3 Å². The molecule has 126 valence electrons. The first-order valence-electron chi connectivity index (χ1n) is 8.45. The predicted octanol–water partition coefficient (Wildman–Crippen LogP) is 2.98. The summed E-state index contributed by atoms with van der Waals surface area (Å²) in [6.07, 6.45) is 4.48. The van der Waals surface area contributed by atoms with Gasteiger partial charge in [-0.15, -0.1) is 0 Å². The molecule has 24 heavy (non-hydrogen) atoms. The molecule has 0 bridgehead atoms. The zero-order chi connectivity index (χ0) is 17.1. The van der Waals surface area contributed by atoms with Gasteiger partial charge in [-0.2, -0.15) is 0 Å². The Morgan fingerprint density at radius 1 is 1.21 bits per heavy atom. The molecule has 0 atom stereocenters. The number of rotatable bonds is 4. The number of carbonyl (C=O) groups is 1. The molecule has 0 aliphatic heterocycles. The summed E-state index contributed by atoms with van der Waals surface area (Å²) in [5.74, 6) is 1.78. The molecular weight excluding hydrogens is 300 g/mol. The normalized spacial score (nSPS) is 13.3. The number of carbonyl (C=O) groups excluding carboxylic acids is 1. The van der Waals surface area contributed by atoms with Crippen LogP contribution in [0.1, 0.15) is 45.8 Å². The lowest BCUT2D eigenvalue weighted by atomic mass is 9.96. The zero-order valence-corrected chi connectivity index (χ0v) is 14.6. The number of aromatic nitrogens is 2. The smallest absolute Gasteiger partial charge is 0.253 e. The van der Waals surface area contributed by atoms with E-state index in [9.17, 15) is 4.79 Å². The number of anilines is 1. The van der Waals surface area contributed by atoms with Gasteiger partial charge in [0.15, 0.2) is 0 Å². The van der Waals surface area contributed by atoms with Crippen molar-refractivity contribution < 1.29 is 4.79 Å². The molecular formula is C19H24N4O. The molecule has 0 fully saturated rings. The van der Waals surface area contributed by atoms with Gasteiger partial charge in [-0.25, -0.2) is 9.97 Å².